The van der Waals surface area contributed by atoms with Crippen LogP contribution < -0.4 is 0 Å². The summed E-state index contributed by atoms with van der Waals surface area (Å²) in [6.07, 6.45) is 8.46. The molecule has 5 nitrogen and oxygen atoms in total. The summed E-state index contributed by atoms with van der Waals surface area (Å²) in [6, 6.07) is 10.9. The van der Waals surface area contributed by atoms with Crippen molar-refractivity contribution in [1.82, 2.24) is 19.6 Å². The van der Waals surface area contributed by atoms with Crippen molar-refractivity contribution in [2.45, 2.75) is 66.0 Å². The van der Waals surface area contributed by atoms with Crippen LogP contribution in [0.15, 0.2) is 42.5 Å². The number of nitrogens with zero attached hydrogens (tertiary/aromatic N) is 4. The summed E-state index contributed by atoms with van der Waals surface area (Å²) >= 11 is 0. The average Bonchev–Trinajstić information content (AvgIpc) is 2.98. The predicted octanol–water partition coefficient (Wildman–Crippen LogP) is 4.94. The van der Waals surface area contributed by atoms with Crippen LogP contribution in [-0.2, 0) is 17.8 Å². The highest BCUT2D eigenvalue weighted by Gasteiger charge is 2.34. The quantitative estimate of drug-likeness (QED) is 0.564. The molecule has 1 fully saturated rings. The molecule has 0 saturated carbocycles. The zero-order chi connectivity index (χ0) is 23.4. The van der Waals surface area contributed by atoms with E-state index in [4.69, 9.17) is 5.10 Å². The Hall–Kier alpha value is -2.40. The van der Waals surface area contributed by atoms with Gasteiger partial charge in [-0.15, -0.1) is 0 Å². The number of benzene rings is 1. The molecule has 2 aliphatic heterocycles. The van der Waals surface area contributed by atoms with Gasteiger partial charge in [0.1, 0.15) is 0 Å². The molecule has 1 atom stereocenters. The van der Waals surface area contributed by atoms with Crippen LogP contribution >= 0.6 is 0 Å². The third kappa shape index (κ3) is 5.57. The number of allylic oxidation sites excluding steroid dienone is 1. The van der Waals surface area contributed by atoms with Gasteiger partial charge in [-0.2, -0.15) is 5.10 Å². The van der Waals surface area contributed by atoms with E-state index >= 15 is 0 Å². The number of likely N-dealkylation sites (tertiary alicyclic amines) is 1. The number of aromatic nitrogens is 2. The molecule has 0 spiro atoms. The average molecular weight is 449 g/mol. The van der Waals surface area contributed by atoms with Gasteiger partial charge in [-0.05, 0) is 77.9 Å². The van der Waals surface area contributed by atoms with Crippen molar-refractivity contribution in [2.75, 3.05) is 26.2 Å². The van der Waals surface area contributed by atoms with Gasteiger partial charge in [0, 0.05) is 42.9 Å². The van der Waals surface area contributed by atoms with Crippen molar-refractivity contribution >= 4 is 5.91 Å². The Labute approximate surface area is 199 Å². The van der Waals surface area contributed by atoms with Crippen molar-refractivity contribution in [2.24, 2.45) is 11.8 Å². The van der Waals surface area contributed by atoms with E-state index in [1.54, 1.807) is 0 Å². The number of hydrogen-bond acceptors (Lipinski definition) is 3. The lowest BCUT2D eigenvalue weighted by atomic mass is 9.81. The van der Waals surface area contributed by atoms with Gasteiger partial charge in [-0.1, -0.05) is 42.5 Å². The molecule has 1 aromatic carbocycles. The Balaban J connectivity index is 1.34. The molecular formula is C28H40N4O. The van der Waals surface area contributed by atoms with E-state index < -0.39 is 0 Å². The van der Waals surface area contributed by atoms with Crippen LogP contribution in [-0.4, -0.2) is 51.7 Å². The summed E-state index contributed by atoms with van der Waals surface area (Å²) in [7, 11) is 0. The van der Waals surface area contributed by atoms with Crippen molar-refractivity contribution in [3.8, 4) is 0 Å². The van der Waals surface area contributed by atoms with Gasteiger partial charge in [0.05, 0.1) is 5.69 Å². The van der Waals surface area contributed by atoms with E-state index in [1.807, 2.05) is 6.07 Å². The van der Waals surface area contributed by atoms with Crippen LogP contribution in [0.5, 0.6) is 0 Å². The Kier molecular flexibility index (Phi) is 7.69. The molecule has 1 saturated heterocycles. The fraction of sp³-hybridized carbons (Fsp3) is 0.571. The Bertz CT molecular complexity index is 954. The molecule has 0 radical (unpaired) electrons. The smallest absolute Gasteiger partial charge is 0.226 e. The summed E-state index contributed by atoms with van der Waals surface area (Å²) in [4.78, 5) is 18.1. The molecule has 1 unspecified atom stereocenters. The summed E-state index contributed by atoms with van der Waals surface area (Å²) in [5.41, 5.74) is 5.13. The molecule has 2 aromatic rings. The highest BCUT2D eigenvalue weighted by atomic mass is 16.2. The molecule has 1 aromatic heterocycles. The minimum absolute atomic E-state index is 0.133. The molecule has 5 heteroatoms. The molecule has 0 aliphatic carbocycles. The Morgan fingerprint density at radius 3 is 2.45 bits per heavy atom. The third-order valence-corrected chi connectivity index (χ3v) is 7.57. The fourth-order valence-corrected chi connectivity index (χ4v) is 5.54. The van der Waals surface area contributed by atoms with E-state index in [2.05, 4.69) is 78.6 Å². The number of carbonyl (C=O) groups excluding carboxylic acids is 1. The first kappa shape index (κ1) is 23.7. The SMILES string of the molecule is Cc1nn(C(C)C)c(C)c1CN1CCC(C2CC=CCN(CCc3ccccc3)C2=O)CC1. The van der Waals surface area contributed by atoms with Crippen molar-refractivity contribution in [3.05, 3.63) is 65.0 Å². The van der Waals surface area contributed by atoms with E-state index in [9.17, 15) is 4.79 Å². The standard InChI is InChI=1S/C28H40N4O/c1-21(2)32-23(4)27(22(3)29-32)20-30-17-14-25(15-18-30)26-12-8-9-16-31(28(26)33)19-13-24-10-6-5-7-11-24/h5-11,21,25-26H,12-20H2,1-4H3. The lowest BCUT2D eigenvalue weighted by Crippen LogP contribution is -2.43. The van der Waals surface area contributed by atoms with Crippen molar-refractivity contribution < 1.29 is 4.79 Å². The van der Waals surface area contributed by atoms with Crippen molar-refractivity contribution in [3.63, 3.8) is 0 Å². The fourth-order valence-electron chi connectivity index (χ4n) is 5.54. The maximum atomic E-state index is 13.5. The van der Waals surface area contributed by atoms with Crippen LogP contribution in [0.4, 0.5) is 0 Å². The molecule has 0 bridgehead atoms. The predicted molar refractivity (Wildman–Crippen MR) is 134 cm³/mol. The topological polar surface area (TPSA) is 41.4 Å². The second kappa shape index (κ2) is 10.7. The van der Waals surface area contributed by atoms with E-state index in [0.717, 1.165) is 64.1 Å². The van der Waals surface area contributed by atoms with Crippen LogP contribution in [0.2, 0.25) is 0 Å². The van der Waals surface area contributed by atoms with E-state index in [1.165, 1.54) is 16.8 Å². The number of rotatable bonds is 7. The highest BCUT2D eigenvalue weighted by molar-refractivity contribution is 5.80. The summed E-state index contributed by atoms with van der Waals surface area (Å²) in [6.45, 7) is 13.4. The molecule has 33 heavy (non-hydrogen) atoms. The first-order chi connectivity index (χ1) is 15.9. The molecule has 3 heterocycles. The molecule has 0 N–H and O–H groups in total. The Morgan fingerprint density at radius 2 is 1.79 bits per heavy atom. The van der Waals surface area contributed by atoms with Crippen LogP contribution in [0, 0.1) is 25.7 Å². The monoisotopic (exact) mass is 448 g/mol. The highest BCUT2D eigenvalue weighted by Crippen LogP contribution is 2.32. The zero-order valence-electron chi connectivity index (χ0n) is 20.8. The van der Waals surface area contributed by atoms with E-state index in [-0.39, 0.29) is 5.92 Å². The lowest BCUT2D eigenvalue weighted by Gasteiger charge is -2.36. The lowest BCUT2D eigenvalue weighted by molar-refractivity contribution is -0.137. The number of aryl methyl sites for hydroxylation is 1. The van der Waals surface area contributed by atoms with Crippen LogP contribution in [0.1, 0.15) is 61.7 Å². The second-order valence-corrected chi connectivity index (χ2v) is 10.1. The van der Waals surface area contributed by atoms with Gasteiger partial charge in [0.15, 0.2) is 0 Å². The van der Waals surface area contributed by atoms with Crippen LogP contribution in [0.3, 0.4) is 0 Å². The molecule has 2 aliphatic rings. The van der Waals surface area contributed by atoms with Crippen molar-refractivity contribution in [1.29, 1.82) is 0 Å². The minimum Gasteiger partial charge on any atom is -0.338 e. The molecule has 4 rings (SSSR count). The Morgan fingerprint density at radius 1 is 1.06 bits per heavy atom. The summed E-state index contributed by atoms with van der Waals surface area (Å²) in [5.74, 6) is 0.976. The van der Waals surface area contributed by atoms with Gasteiger partial charge < -0.3 is 4.90 Å². The maximum absolute atomic E-state index is 13.5. The molecule has 178 valence electrons. The molecule has 1 amide bonds. The largest absolute Gasteiger partial charge is 0.338 e. The normalized spacial score (nSPS) is 20.6. The van der Waals surface area contributed by atoms with Gasteiger partial charge in [0.2, 0.25) is 5.91 Å². The van der Waals surface area contributed by atoms with E-state index in [0.29, 0.717) is 17.9 Å². The van der Waals surface area contributed by atoms with Gasteiger partial charge in [-0.3, -0.25) is 14.4 Å². The third-order valence-electron chi connectivity index (χ3n) is 7.57. The summed E-state index contributed by atoms with van der Waals surface area (Å²) in [5, 5.41) is 4.76. The first-order valence-electron chi connectivity index (χ1n) is 12.7. The zero-order valence-corrected chi connectivity index (χ0v) is 20.8. The number of amides is 1. The molecular weight excluding hydrogens is 408 g/mol. The number of hydrogen-bond donors (Lipinski definition) is 0. The van der Waals surface area contributed by atoms with Crippen LogP contribution in [0.25, 0.3) is 0 Å². The second-order valence-electron chi connectivity index (χ2n) is 10.1. The minimum atomic E-state index is 0.133. The van der Waals surface area contributed by atoms with Gasteiger partial charge in [-0.25, -0.2) is 0 Å². The number of piperidine rings is 1. The van der Waals surface area contributed by atoms with Gasteiger partial charge >= 0.3 is 0 Å². The first-order valence-corrected chi connectivity index (χ1v) is 12.7. The van der Waals surface area contributed by atoms with Gasteiger partial charge in [0.25, 0.3) is 0 Å². The summed E-state index contributed by atoms with van der Waals surface area (Å²) < 4.78 is 2.15. The number of carbonyl (C=O) groups is 1. The maximum Gasteiger partial charge on any atom is 0.226 e.